The molecule has 0 aliphatic carbocycles. The SMILES string of the molecule is C#CCN(C)CCCOc1c(Cl)ccc(Cl)c1Cl. The summed E-state index contributed by atoms with van der Waals surface area (Å²) in [6.07, 6.45) is 6.04. The fourth-order valence-corrected chi connectivity index (χ4v) is 2.01. The molecule has 5 heteroatoms. The van der Waals surface area contributed by atoms with Crippen molar-refractivity contribution >= 4 is 34.8 Å². The highest BCUT2D eigenvalue weighted by atomic mass is 35.5. The molecule has 1 aromatic rings. The second kappa shape index (κ2) is 7.76. The maximum Gasteiger partial charge on any atom is 0.157 e. The van der Waals surface area contributed by atoms with Crippen molar-refractivity contribution in [2.45, 2.75) is 6.42 Å². The summed E-state index contributed by atoms with van der Waals surface area (Å²) in [4.78, 5) is 2.03. The van der Waals surface area contributed by atoms with Crippen LogP contribution >= 0.6 is 34.8 Å². The van der Waals surface area contributed by atoms with Gasteiger partial charge in [0.1, 0.15) is 5.02 Å². The van der Waals surface area contributed by atoms with Crippen molar-refractivity contribution in [1.29, 1.82) is 0 Å². The Morgan fingerprint density at radius 1 is 1.28 bits per heavy atom. The average Bonchev–Trinajstić information content (AvgIpc) is 2.33. The number of ether oxygens (including phenoxy) is 1. The maximum absolute atomic E-state index is 6.01. The highest BCUT2D eigenvalue weighted by Gasteiger charge is 2.10. The van der Waals surface area contributed by atoms with Crippen LogP contribution in [0.4, 0.5) is 0 Å². The quantitative estimate of drug-likeness (QED) is 0.448. The van der Waals surface area contributed by atoms with Crippen LogP contribution in [0.25, 0.3) is 0 Å². The topological polar surface area (TPSA) is 12.5 Å². The van der Waals surface area contributed by atoms with Crippen LogP contribution in [0.1, 0.15) is 6.42 Å². The summed E-state index contributed by atoms with van der Waals surface area (Å²) in [6, 6.07) is 3.30. The summed E-state index contributed by atoms with van der Waals surface area (Å²) in [6.45, 7) is 1.98. The van der Waals surface area contributed by atoms with Crippen LogP contribution in [0.15, 0.2) is 12.1 Å². The molecule has 0 saturated heterocycles. The molecule has 0 aliphatic rings. The van der Waals surface area contributed by atoms with Gasteiger partial charge in [0.25, 0.3) is 0 Å². The lowest BCUT2D eigenvalue weighted by Crippen LogP contribution is -2.21. The van der Waals surface area contributed by atoms with Gasteiger partial charge < -0.3 is 4.74 Å². The molecule has 0 atom stereocenters. The number of nitrogens with zero attached hydrogens (tertiary/aromatic N) is 1. The number of hydrogen-bond acceptors (Lipinski definition) is 2. The first-order valence-corrected chi connectivity index (χ1v) is 6.58. The molecule has 98 valence electrons. The van der Waals surface area contributed by atoms with Gasteiger partial charge in [-0.15, -0.1) is 6.42 Å². The molecule has 0 saturated carbocycles. The van der Waals surface area contributed by atoms with E-state index in [0.717, 1.165) is 13.0 Å². The van der Waals surface area contributed by atoms with Gasteiger partial charge in [0, 0.05) is 6.54 Å². The van der Waals surface area contributed by atoms with Crippen LogP contribution in [0.5, 0.6) is 5.75 Å². The summed E-state index contributed by atoms with van der Waals surface area (Å²) >= 11 is 17.9. The Bertz CT molecular complexity index is 443. The lowest BCUT2D eigenvalue weighted by molar-refractivity contribution is 0.275. The predicted molar refractivity (Wildman–Crippen MR) is 77.9 cm³/mol. The number of hydrogen-bond donors (Lipinski definition) is 0. The predicted octanol–water partition coefficient (Wildman–Crippen LogP) is 3.98. The van der Waals surface area contributed by atoms with E-state index in [9.17, 15) is 0 Å². The average molecular weight is 307 g/mol. The van der Waals surface area contributed by atoms with Crippen molar-refractivity contribution in [2.24, 2.45) is 0 Å². The first-order chi connectivity index (χ1) is 8.56. The van der Waals surface area contributed by atoms with E-state index in [1.807, 2.05) is 11.9 Å². The molecule has 0 unspecified atom stereocenters. The van der Waals surface area contributed by atoms with Crippen LogP contribution in [0.3, 0.4) is 0 Å². The largest absolute Gasteiger partial charge is 0.490 e. The molecular formula is C13H14Cl3NO. The van der Waals surface area contributed by atoms with E-state index in [1.165, 1.54) is 0 Å². The standard InChI is InChI=1S/C13H14Cl3NO/c1-3-7-17(2)8-4-9-18-13-11(15)6-5-10(14)12(13)16/h1,5-6H,4,7-9H2,2H3. The Hall–Kier alpha value is -0.590. The molecule has 18 heavy (non-hydrogen) atoms. The van der Waals surface area contributed by atoms with Gasteiger partial charge in [-0.25, -0.2) is 0 Å². The molecule has 0 N–H and O–H groups in total. The van der Waals surface area contributed by atoms with Gasteiger partial charge in [0.15, 0.2) is 5.75 Å². The van der Waals surface area contributed by atoms with Gasteiger partial charge in [-0.2, -0.15) is 0 Å². The zero-order chi connectivity index (χ0) is 13.5. The molecule has 0 radical (unpaired) electrons. The van der Waals surface area contributed by atoms with Crippen molar-refractivity contribution in [1.82, 2.24) is 4.90 Å². The van der Waals surface area contributed by atoms with Crippen molar-refractivity contribution in [3.8, 4) is 18.1 Å². The van der Waals surface area contributed by atoms with Gasteiger partial charge in [-0.1, -0.05) is 40.7 Å². The highest BCUT2D eigenvalue weighted by molar-refractivity contribution is 6.44. The van der Waals surface area contributed by atoms with Crippen LogP contribution in [0, 0.1) is 12.3 Å². The van der Waals surface area contributed by atoms with E-state index >= 15 is 0 Å². The number of rotatable bonds is 6. The number of terminal acetylenes is 1. The monoisotopic (exact) mass is 305 g/mol. The molecular weight excluding hydrogens is 293 g/mol. The second-order valence-corrected chi connectivity index (χ2v) is 5.01. The first kappa shape index (κ1) is 15.5. The maximum atomic E-state index is 6.01. The molecule has 1 rings (SSSR count). The zero-order valence-electron chi connectivity index (χ0n) is 10.0. The third kappa shape index (κ3) is 4.59. The zero-order valence-corrected chi connectivity index (χ0v) is 12.3. The lowest BCUT2D eigenvalue weighted by Gasteiger charge is -2.14. The van der Waals surface area contributed by atoms with Gasteiger partial charge >= 0.3 is 0 Å². The number of halogens is 3. The normalized spacial score (nSPS) is 10.4. The van der Waals surface area contributed by atoms with E-state index in [4.69, 9.17) is 46.0 Å². The summed E-state index contributed by atoms with van der Waals surface area (Å²) in [5, 5.41) is 1.24. The molecule has 0 aromatic heterocycles. The molecule has 0 heterocycles. The Labute approximate surface area is 123 Å². The molecule has 0 fully saturated rings. The van der Waals surface area contributed by atoms with Gasteiger partial charge in [-0.3, -0.25) is 4.90 Å². The van der Waals surface area contributed by atoms with E-state index in [0.29, 0.717) is 34.0 Å². The fraction of sp³-hybridized carbons (Fsp3) is 0.385. The number of benzene rings is 1. The van der Waals surface area contributed by atoms with Crippen molar-refractivity contribution in [3.05, 3.63) is 27.2 Å². The molecule has 1 aromatic carbocycles. The van der Waals surface area contributed by atoms with Crippen molar-refractivity contribution < 1.29 is 4.74 Å². The molecule has 0 bridgehead atoms. The minimum absolute atomic E-state index is 0.348. The van der Waals surface area contributed by atoms with Gasteiger partial charge in [0.05, 0.1) is 23.2 Å². The first-order valence-electron chi connectivity index (χ1n) is 5.44. The van der Waals surface area contributed by atoms with E-state index in [2.05, 4.69) is 5.92 Å². The van der Waals surface area contributed by atoms with E-state index in [-0.39, 0.29) is 0 Å². The van der Waals surface area contributed by atoms with Crippen LogP contribution in [0.2, 0.25) is 15.1 Å². The lowest BCUT2D eigenvalue weighted by atomic mass is 10.3. The van der Waals surface area contributed by atoms with Crippen molar-refractivity contribution in [2.75, 3.05) is 26.7 Å². The highest BCUT2D eigenvalue weighted by Crippen LogP contribution is 2.37. The van der Waals surface area contributed by atoms with Crippen molar-refractivity contribution in [3.63, 3.8) is 0 Å². The Morgan fingerprint density at radius 2 is 1.94 bits per heavy atom. The molecule has 0 aliphatic heterocycles. The van der Waals surface area contributed by atoms with Crippen LogP contribution in [-0.2, 0) is 0 Å². The Kier molecular flexibility index (Phi) is 6.67. The van der Waals surface area contributed by atoms with Gasteiger partial charge in [0.2, 0.25) is 0 Å². The summed E-state index contributed by atoms with van der Waals surface area (Å²) in [5.74, 6) is 3.01. The third-order valence-electron chi connectivity index (χ3n) is 2.29. The second-order valence-electron chi connectivity index (χ2n) is 3.82. The van der Waals surface area contributed by atoms with Crippen LogP contribution in [-0.4, -0.2) is 31.6 Å². The van der Waals surface area contributed by atoms with E-state index in [1.54, 1.807) is 12.1 Å². The smallest absolute Gasteiger partial charge is 0.157 e. The molecule has 0 spiro atoms. The summed E-state index contributed by atoms with van der Waals surface area (Å²) in [7, 11) is 1.96. The van der Waals surface area contributed by atoms with Gasteiger partial charge in [-0.05, 0) is 25.6 Å². The Morgan fingerprint density at radius 3 is 2.61 bits per heavy atom. The summed E-state index contributed by atoms with van der Waals surface area (Å²) in [5.41, 5.74) is 0. The molecule has 2 nitrogen and oxygen atoms in total. The van der Waals surface area contributed by atoms with Crippen LogP contribution < -0.4 is 4.74 Å². The van der Waals surface area contributed by atoms with E-state index < -0.39 is 0 Å². The minimum atomic E-state index is 0.348. The molecule has 0 amide bonds. The summed E-state index contributed by atoms with van der Waals surface area (Å²) < 4.78 is 5.55. The Balaban J connectivity index is 2.45. The fourth-order valence-electron chi connectivity index (χ4n) is 1.38. The minimum Gasteiger partial charge on any atom is -0.490 e. The third-order valence-corrected chi connectivity index (χ3v) is 3.38.